The number of unbranched alkanes of at least 4 members (excludes halogenated alkanes) is 13. The van der Waals surface area contributed by atoms with Gasteiger partial charge >= 0.3 is 11.9 Å². The molecule has 5 rings (SSSR count). The Kier molecular flexibility index (Phi) is 21.8. The highest BCUT2D eigenvalue weighted by molar-refractivity contribution is 6.01. The van der Waals surface area contributed by atoms with Gasteiger partial charge in [-0.25, -0.2) is 4.39 Å². The topological polar surface area (TPSA) is 139 Å². The van der Waals surface area contributed by atoms with E-state index in [1.54, 1.807) is 32.5 Å². The highest BCUT2D eigenvalue weighted by Gasteiger charge is 2.57. The monoisotopic (exact) mass is 803 g/mol. The molecule has 1 aliphatic rings. The zero-order valence-electron chi connectivity index (χ0n) is 35.1. The van der Waals surface area contributed by atoms with Crippen LogP contribution in [-0.2, 0) is 9.59 Å². The SMILES string of the molecule is CCCCCCCCCCNc1ccc(F)cc1.CCCCCCCCCNc1ccc(Oc2ccnc3cc(OC)c(OC)cc23)cc1.O=C(O)C1(C(=O)O)CC1. The van der Waals surface area contributed by atoms with Gasteiger partial charge in [0.1, 0.15) is 17.3 Å². The number of fused-ring (bicyclic) bond motifs is 1. The summed E-state index contributed by atoms with van der Waals surface area (Å²) < 4.78 is 29.6. The summed E-state index contributed by atoms with van der Waals surface area (Å²) in [7, 11) is 3.24. The minimum atomic E-state index is -1.42. The van der Waals surface area contributed by atoms with E-state index in [1.165, 1.54) is 108 Å². The number of hydrogen-bond acceptors (Lipinski definition) is 8. The van der Waals surface area contributed by atoms with Gasteiger partial charge in [0.05, 0.1) is 19.7 Å². The van der Waals surface area contributed by atoms with Crippen LogP contribution in [0.2, 0.25) is 0 Å². The number of benzene rings is 3. The smallest absolute Gasteiger partial charge is 0.321 e. The molecule has 1 fully saturated rings. The lowest BCUT2D eigenvalue weighted by Gasteiger charge is -2.13. The summed E-state index contributed by atoms with van der Waals surface area (Å²) in [4.78, 5) is 24.7. The number of hydrogen-bond donors (Lipinski definition) is 4. The number of aromatic nitrogens is 1. The molecule has 0 aliphatic heterocycles. The van der Waals surface area contributed by atoms with E-state index in [0.717, 1.165) is 46.9 Å². The van der Waals surface area contributed by atoms with Gasteiger partial charge in [0, 0.05) is 42.1 Å². The van der Waals surface area contributed by atoms with Gasteiger partial charge in [0.25, 0.3) is 0 Å². The van der Waals surface area contributed by atoms with Gasteiger partial charge in [-0.1, -0.05) is 97.3 Å². The number of carboxylic acids is 2. The second-order valence-electron chi connectivity index (χ2n) is 14.8. The Bertz CT molecular complexity index is 1750. The van der Waals surface area contributed by atoms with Crippen molar-refractivity contribution in [1.82, 2.24) is 4.98 Å². The zero-order chi connectivity index (χ0) is 42.0. The molecule has 0 bridgehead atoms. The molecule has 0 atom stereocenters. The standard InChI is InChI=1S/C26H34N2O3.C16H26FN.C5H6O4/c1-4-5-6-7-8-9-10-16-27-20-11-13-21(14-12-20)31-24-15-17-28-23-19-26(30-3)25(29-2)18-22(23)24;1-2-3-4-5-6-7-8-9-14-18-16-12-10-15(17)11-13-16;6-3(7)5(1-2-5)4(8)9/h11-15,17-19,27H,4-10,16H2,1-3H3;10-13,18H,2-9,14H2,1H3;1-2H2,(H,6,7)(H,8,9). The van der Waals surface area contributed by atoms with Gasteiger partial charge < -0.3 is 35.1 Å². The third-order valence-electron chi connectivity index (χ3n) is 10.2. The molecule has 1 saturated carbocycles. The Morgan fingerprint density at radius 1 is 0.638 bits per heavy atom. The molecular weight excluding hydrogens is 738 g/mol. The quantitative estimate of drug-likeness (QED) is 0.0378. The molecule has 0 amide bonds. The normalized spacial score (nSPS) is 12.3. The minimum absolute atomic E-state index is 0.173. The van der Waals surface area contributed by atoms with Crippen molar-refractivity contribution in [2.45, 2.75) is 123 Å². The van der Waals surface area contributed by atoms with Crippen LogP contribution in [-0.4, -0.2) is 54.4 Å². The number of anilines is 2. The summed E-state index contributed by atoms with van der Waals surface area (Å²) >= 11 is 0. The molecule has 1 heterocycles. The third kappa shape index (κ3) is 16.8. The van der Waals surface area contributed by atoms with Crippen LogP contribution >= 0.6 is 0 Å². The van der Waals surface area contributed by atoms with E-state index in [2.05, 4.69) is 41.6 Å². The lowest BCUT2D eigenvalue weighted by molar-refractivity contribution is -0.156. The second-order valence-corrected chi connectivity index (χ2v) is 14.8. The number of halogens is 1. The van der Waals surface area contributed by atoms with Crippen LogP contribution in [0.1, 0.15) is 123 Å². The molecule has 10 nitrogen and oxygen atoms in total. The van der Waals surface area contributed by atoms with Crippen molar-refractivity contribution in [1.29, 1.82) is 0 Å². The van der Waals surface area contributed by atoms with Crippen LogP contribution in [0.15, 0.2) is 72.9 Å². The number of methoxy groups -OCH3 is 2. The fourth-order valence-corrected chi connectivity index (χ4v) is 6.32. The molecule has 11 heteroatoms. The van der Waals surface area contributed by atoms with Gasteiger partial charge in [-0.05, 0) is 86.3 Å². The average Bonchev–Trinajstić information content (AvgIpc) is 4.06. The first-order valence-electron chi connectivity index (χ1n) is 21.2. The Morgan fingerprint density at radius 3 is 1.52 bits per heavy atom. The van der Waals surface area contributed by atoms with Crippen LogP contribution < -0.4 is 24.8 Å². The van der Waals surface area contributed by atoms with Crippen LogP contribution in [0, 0.1) is 11.2 Å². The van der Waals surface area contributed by atoms with E-state index in [9.17, 15) is 14.0 Å². The highest BCUT2D eigenvalue weighted by Crippen LogP contribution is 2.46. The highest BCUT2D eigenvalue weighted by atomic mass is 19.1. The van der Waals surface area contributed by atoms with Crippen molar-refractivity contribution in [3.05, 3.63) is 78.7 Å². The summed E-state index contributed by atoms with van der Waals surface area (Å²) in [6.07, 6.45) is 22.2. The lowest BCUT2D eigenvalue weighted by atomic mass is 10.1. The summed E-state index contributed by atoms with van der Waals surface area (Å²) in [6.45, 7) is 6.50. The molecule has 1 aromatic heterocycles. The predicted octanol–water partition coefficient (Wildman–Crippen LogP) is 12.5. The maximum atomic E-state index is 12.7. The molecule has 4 aromatic rings. The van der Waals surface area contributed by atoms with Crippen molar-refractivity contribution in [2.75, 3.05) is 37.9 Å². The molecular formula is C47H66FN3O7. The zero-order valence-corrected chi connectivity index (χ0v) is 35.1. The average molecular weight is 804 g/mol. The minimum Gasteiger partial charge on any atom is -0.493 e. The fraction of sp³-hybridized carbons (Fsp3) is 0.511. The van der Waals surface area contributed by atoms with Crippen LogP contribution in [0.5, 0.6) is 23.0 Å². The summed E-state index contributed by atoms with van der Waals surface area (Å²) in [5.41, 5.74) is 1.51. The maximum Gasteiger partial charge on any atom is 0.321 e. The van der Waals surface area contributed by atoms with Gasteiger partial charge in [0.15, 0.2) is 16.9 Å². The first-order chi connectivity index (χ1) is 28.2. The van der Waals surface area contributed by atoms with Crippen molar-refractivity contribution >= 4 is 34.2 Å². The summed E-state index contributed by atoms with van der Waals surface area (Å²) in [6, 6.07) is 20.3. The largest absolute Gasteiger partial charge is 0.493 e. The van der Waals surface area contributed by atoms with Gasteiger partial charge in [-0.15, -0.1) is 0 Å². The van der Waals surface area contributed by atoms with Crippen molar-refractivity contribution in [3.63, 3.8) is 0 Å². The lowest BCUT2D eigenvalue weighted by Crippen LogP contribution is -2.24. The third-order valence-corrected chi connectivity index (χ3v) is 10.2. The number of pyridine rings is 1. The first-order valence-corrected chi connectivity index (χ1v) is 21.2. The van der Waals surface area contributed by atoms with E-state index < -0.39 is 17.4 Å². The van der Waals surface area contributed by atoms with Gasteiger partial charge in [-0.3, -0.25) is 14.6 Å². The molecule has 3 aromatic carbocycles. The maximum absolute atomic E-state index is 12.7. The molecule has 4 N–H and O–H groups in total. The molecule has 0 unspecified atom stereocenters. The number of aliphatic carboxylic acids is 2. The van der Waals surface area contributed by atoms with E-state index in [0.29, 0.717) is 11.5 Å². The summed E-state index contributed by atoms with van der Waals surface area (Å²) in [5.74, 6) is 0.213. The number of carbonyl (C=O) groups is 2. The Morgan fingerprint density at radius 2 is 1.09 bits per heavy atom. The van der Waals surface area contributed by atoms with Gasteiger partial charge in [0.2, 0.25) is 0 Å². The summed E-state index contributed by atoms with van der Waals surface area (Å²) in [5, 5.41) is 24.3. The molecule has 0 saturated heterocycles. The van der Waals surface area contributed by atoms with Gasteiger partial charge in [-0.2, -0.15) is 0 Å². The molecule has 0 radical (unpaired) electrons. The molecule has 318 valence electrons. The molecule has 0 spiro atoms. The number of ether oxygens (including phenoxy) is 3. The number of rotatable bonds is 25. The van der Waals surface area contributed by atoms with E-state index >= 15 is 0 Å². The predicted molar refractivity (Wildman–Crippen MR) is 232 cm³/mol. The molecule has 1 aliphatic carbocycles. The van der Waals surface area contributed by atoms with Crippen LogP contribution in [0.4, 0.5) is 15.8 Å². The Hall–Kier alpha value is -5.06. The van der Waals surface area contributed by atoms with Crippen molar-refractivity contribution in [2.24, 2.45) is 5.41 Å². The van der Waals surface area contributed by atoms with Crippen molar-refractivity contribution in [3.8, 4) is 23.0 Å². The molecule has 58 heavy (non-hydrogen) atoms. The number of nitrogens with zero attached hydrogens (tertiary/aromatic N) is 1. The Labute approximate surface area is 344 Å². The first kappa shape index (κ1) is 47.3. The number of nitrogens with one attached hydrogen (secondary N) is 2. The van der Waals surface area contributed by atoms with E-state index in [4.69, 9.17) is 24.4 Å². The fourth-order valence-electron chi connectivity index (χ4n) is 6.32. The second kappa shape index (κ2) is 26.8. The van der Waals surface area contributed by atoms with Crippen molar-refractivity contribution < 1.29 is 38.4 Å². The number of carboxylic acid groups (broad SMARTS) is 2. The van der Waals surface area contributed by atoms with Crippen LogP contribution in [0.25, 0.3) is 10.9 Å². The van der Waals surface area contributed by atoms with E-state index in [-0.39, 0.29) is 18.7 Å². The van der Waals surface area contributed by atoms with Crippen LogP contribution in [0.3, 0.4) is 0 Å². The Balaban J connectivity index is 0.000000278. The van der Waals surface area contributed by atoms with E-state index in [1.807, 2.05) is 30.3 Å².